The lowest BCUT2D eigenvalue weighted by Crippen LogP contribution is -2.28. The summed E-state index contributed by atoms with van der Waals surface area (Å²) in [5.74, 6) is -1.00. The normalized spacial score (nSPS) is 11.9. The number of thioether (sulfide) groups is 1. The van der Waals surface area contributed by atoms with Crippen molar-refractivity contribution in [2.45, 2.75) is 25.1 Å². The van der Waals surface area contributed by atoms with E-state index in [1.807, 2.05) is 6.26 Å². The first-order valence-corrected chi connectivity index (χ1v) is 7.07. The van der Waals surface area contributed by atoms with Crippen LogP contribution in [0, 0.1) is 0 Å². The number of hydrogen-bond donors (Lipinski definition) is 2. The number of nitrogens with one attached hydrogen (secondary N) is 1. The number of carboxylic acid groups (broad SMARTS) is 1. The van der Waals surface area contributed by atoms with Crippen LogP contribution < -0.4 is 5.69 Å². The van der Waals surface area contributed by atoms with E-state index in [1.54, 1.807) is 22.4 Å². The van der Waals surface area contributed by atoms with E-state index in [0.717, 1.165) is 5.52 Å². The van der Waals surface area contributed by atoms with Crippen molar-refractivity contribution in [3.8, 4) is 0 Å². The number of benzene rings is 1. The molecule has 0 atom stereocenters. The molecule has 0 fully saturated rings. The van der Waals surface area contributed by atoms with Gasteiger partial charge in [0.25, 0.3) is 0 Å². The number of imidazole rings is 1. The second-order valence-corrected chi connectivity index (χ2v) is 6.53. The second-order valence-electron chi connectivity index (χ2n) is 5.02. The highest BCUT2D eigenvalue weighted by Crippen LogP contribution is 2.24. The minimum Gasteiger partial charge on any atom is -0.478 e. The van der Waals surface area contributed by atoms with Crippen LogP contribution in [0.2, 0.25) is 0 Å². The van der Waals surface area contributed by atoms with Gasteiger partial charge >= 0.3 is 11.7 Å². The zero-order valence-corrected chi connectivity index (χ0v) is 11.9. The van der Waals surface area contributed by atoms with Crippen LogP contribution in [-0.4, -0.2) is 31.6 Å². The van der Waals surface area contributed by atoms with E-state index in [-0.39, 0.29) is 16.0 Å². The molecule has 0 spiro atoms. The first-order valence-electron chi connectivity index (χ1n) is 5.85. The highest BCUT2D eigenvalue weighted by Gasteiger charge is 2.20. The summed E-state index contributed by atoms with van der Waals surface area (Å²) in [7, 11) is 0. The Kier molecular flexibility index (Phi) is 3.45. The number of aromatic nitrogens is 2. The number of H-pyrrole nitrogens is 1. The predicted octanol–water partition coefficient (Wildman–Crippen LogP) is 2.17. The van der Waals surface area contributed by atoms with E-state index in [9.17, 15) is 9.59 Å². The lowest BCUT2D eigenvalue weighted by molar-refractivity contribution is 0.0697. The maximum absolute atomic E-state index is 12.0. The summed E-state index contributed by atoms with van der Waals surface area (Å²) in [6, 6.07) is 4.68. The maximum Gasteiger partial charge on any atom is 0.335 e. The molecule has 0 saturated carbocycles. The number of carboxylic acids is 1. The van der Waals surface area contributed by atoms with Gasteiger partial charge in [-0.15, -0.1) is 0 Å². The van der Waals surface area contributed by atoms with Gasteiger partial charge in [0.05, 0.1) is 16.6 Å². The number of fused-ring (bicyclic) bond motifs is 1. The van der Waals surface area contributed by atoms with E-state index in [2.05, 4.69) is 18.8 Å². The number of rotatable bonds is 4. The van der Waals surface area contributed by atoms with Gasteiger partial charge in [-0.2, -0.15) is 11.8 Å². The van der Waals surface area contributed by atoms with Crippen molar-refractivity contribution in [1.82, 2.24) is 9.55 Å². The van der Waals surface area contributed by atoms with Gasteiger partial charge in [0.15, 0.2) is 0 Å². The molecular weight excluding hydrogens is 264 g/mol. The minimum absolute atomic E-state index is 0.0651. The summed E-state index contributed by atoms with van der Waals surface area (Å²) < 4.78 is 1.59. The van der Waals surface area contributed by atoms with Crippen molar-refractivity contribution >= 4 is 28.8 Å². The van der Waals surface area contributed by atoms with Crippen LogP contribution in [-0.2, 0) is 6.54 Å². The highest BCUT2D eigenvalue weighted by atomic mass is 32.2. The first kappa shape index (κ1) is 13.7. The molecule has 0 aliphatic heterocycles. The van der Waals surface area contributed by atoms with Gasteiger partial charge in [-0.05, 0) is 38.3 Å². The molecule has 0 aliphatic carbocycles. The van der Waals surface area contributed by atoms with Crippen LogP contribution >= 0.6 is 11.8 Å². The van der Waals surface area contributed by atoms with Crippen LogP contribution in [0.5, 0.6) is 0 Å². The maximum atomic E-state index is 12.0. The first-order chi connectivity index (χ1) is 8.84. The third-order valence-corrected chi connectivity index (χ3v) is 4.35. The van der Waals surface area contributed by atoms with Gasteiger partial charge in [0.1, 0.15) is 0 Å². The largest absolute Gasteiger partial charge is 0.478 e. The van der Waals surface area contributed by atoms with Crippen molar-refractivity contribution in [2.24, 2.45) is 0 Å². The second kappa shape index (κ2) is 4.77. The van der Waals surface area contributed by atoms with Gasteiger partial charge in [0.2, 0.25) is 0 Å². The summed E-state index contributed by atoms with van der Waals surface area (Å²) >= 11 is 1.68. The third-order valence-electron chi connectivity index (χ3n) is 3.11. The molecule has 1 aromatic heterocycles. The zero-order chi connectivity index (χ0) is 14.2. The molecule has 0 radical (unpaired) electrons. The Hall–Kier alpha value is -1.69. The summed E-state index contributed by atoms with van der Waals surface area (Å²) in [6.45, 7) is 4.70. The lowest BCUT2D eigenvalue weighted by atomic mass is 10.2. The summed E-state index contributed by atoms with van der Waals surface area (Å²) in [4.78, 5) is 25.6. The van der Waals surface area contributed by atoms with Crippen LogP contribution in [0.4, 0.5) is 0 Å². The van der Waals surface area contributed by atoms with Crippen molar-refractivity contribution in [1.29, 1.82) is 0 Å². The molecule has 0 unspecified atom stereocenters. The van der Waals surface area contributed by atoms with Crippen LogP contribution in [0.1, 0.15) is 24.2 Å². The van der Waals surface area contributed by atoms with E-state index in [4.69, 9.17) is 5.11 Å². The van der Waals surface area contributed by atoms with E-state index in [0.29, 0.717) is 12.1 Å². The van der Waals surface area contributed by atoms with Crippen LogP contribution in [0.25, 0.3) is 11.0 Å². The van der Waals surface area contributed by atoms with Gasteiger partial charge in [-0.1, -0.05) is 0 Å². The fraction of sp³-hybridized carbons (Fsp3) is 0.385. The topological polar surface area (TPSA) is 75.1 Å². The number of hydrogen-bond acceptors (Lipinski definition) is 3. The Bertz CT molecular complexity index is 685. The van der Waals surface area contributed by atoms with E-state index < -0.39 is 5.97 Å². The number of nitrogens with zero attached hydrogens (tertiary/aromatic N) is 1. The van der Waals surface area contributed by atoms with Crippen molar-refractivity contribution in [2.75, 3.05) is 6.26 Å². The van der Waals surface area contributed by atoms with Gasteiger partial charge in [-0.3, -0.25) is 4.57 Å². The number of aromatic carboxylic acids is 1. The fourth-order valence-electron chi connectivity index (χ4n) is 1.90. The molecule has 2 rings (SSSR count). The standard InChI is InChI=1S/C13H16N2O3S/c1-13(2,19-3)7-15-10-5-4-8(11(16)17)6-9(10)14-12(15)18/h4-6H,7H2,1-3H3,(H,14,18)(H,16,17). The molecule has 2 N–H and O–H groups in total. The molecule has 19 heavy (non-hydrogen) atoms. The molecule has 5 nitrogen and oxygen atoms in total. The monoisotopic (exact) mass is 280 g/mol. The smallest absolute Gasteiger partial charge is 0.335 e. The van der Waals surface area contributed by atoms with Crippen molar-refractivity contribution in [3.05, 3.63) is 34.2 Å². The van der Waals surface area contributed by atoms with E-state index >= 15 is 0 Å². The van der Waals surface area contributed by atoms with Gasteiger partial charge < -0.3 is 10.1 Å². The number of aromatic amines is 1. The average molecular weight is 280 g/mol. The van der Waals surface area contributed by atoms with Gasteiger partial charge in [-0.25, -0.2) is 9.59 Å². The SMILES string of the molecule is CSC(C)(C)Cn1c(=O)[nH]c2cc(C(=O)O)ccc21. The quantitative estimate of drug-likeness (QED) is 0.900. The zero-order valence-electron chi connectivity index (χ0n) is 11.1. The highest BCUT2D eigenvalue weighted by molar-refractivity contribution is 7.99. The molecule has 1 heterocycles. The average Bonchev–Trinajstić information content (AvgIpc) is 2.65. The Morgan fingerprint density at radius 1 is 1.47 bits per heavy atom. The summed E-state index contributed by atoms with van der Waals surface area (Å²) in [5, 5.41) is 8.94. The van der Waals surface area contributed by atoms with Crippen molar-refractivity contribution < 1.29 is 9.90 Å². The summed E-state index contributed by atoms with van der Waals surface area (Å²) in [5.41, 5.74) is 1.25. The Balaban J connectivity index is 2.54. The molecule has 1 aromatic carbocycles. The van der Waals surface area contributed by atoms with Crippen LogP contribution in [0.15, 0.2) is 23.0 Å². The Morgan fingerprint density at radius 3 is 2.74 bits per heavy atom. The molecule has 0 saturated heterocycles. The van der Waals surface area contributed by atoms with Crippen molar-refractivity contribution in [3.63, 3.8) is 0 Å². The minimum atomic E-state index is -1.00. The molecule has 6 heteroatoms. The van der Waals surface area contributed by atoms with Gasteiger partial charge in [0, 0.05) is 11.3 Å². The fourth-order valence-corrected chi connectivity index (χ4v) is 2.16. The molecule has 0 aliphatic rings. The Morgan fingerprint density at radius 2 is 2.16 bits per heavy atom. The number of carbonyl (C=O) groups is 1. The van der Waals surface area contributed by atoms with E-state index in [1.165, 1.54) is 12.1 Å². The summed E-state index contributed by atoms with van der Waals surface area (Å²) in [6.07, 6.45) is 2.00. The third kappa shape index (κ3) is 2.68. The molecule has 0 bridgehead atoms. The lowest BCUT2D eigenvalue weighted by Gasteiger charge is -2.22. The molecule has 2 aromatic rings. The molecule has 102 valence electrons. The van der Waals surface area contributed by atoms with Crippen LogP contribution in [0.3, 0.4) is 0 Å². The Labute approximate surface area is 114 Å². The predicted molar refractivity (Wildman–Crippen MR) is 77.1 cm³/mol. The molecule has 0 amide bonds. The molecular formula is C13H16N2O3S.